The van der Waals surface area contributed by atoms with Crippen LogP contribution in [0.5, 0.6) is 0 Å². The Labute approximate surface area is 106 Å². The minimum Gasteiger partial charge on any atom is -0.324 e. The summed E-state index contributed by atoms with van der Waals surface area (Å²) in [6.45, 7) is 1.28. The lowest BCUT2D eigenvalue weighted by atomic mass is 9.95. The number of nitrogens with two attached hydrogens (primary N) is 1. The average molecular weight is 260 g/mol. The predicted molar refractivity (Wildman–Crippen MR) is 66.1 cm³/mol. The Kier molecular flexibility index (Phi) is 5.16. The summed E-state index contributed by atoms with van der Waals surface area (Å²) >= 11 is 0. The van der Waals surface area contributed by atoms with Gasteiger partial charge >= 0.3 is 6.18 Å². The number of rotatable bonds is 5. The molecular formula is C13H19F3N2. The fraction of sp³-hybridized carbons (Fsp3) is 0.538. The second kappa shape index (κ2) is 6.20. The Balaban J connectivity index is 2.52. The van der Waals surface area contributed by atoms with Gasteiger partial charge in [0.05, 0.1) is 6.54 Å². The van der Waals surface area contributed by atoms with Gasteiger partial charge in [0.25, 0.3) is 0 Å². The Morgan fingerprint density at radius 3 is 2.28 bits per heavy atom. The second-order valence-corrected chi connectivity index (χ2v) is 4.73. The van der Waals surface area contributed by atoms with Crippen LogP contribution in [0, 0.1) is 5.92 Å². The van der Waals surface area contributed by atoms with E-state index in [0.29, 0.717) is 6.54 Å². The first-order chi connectivity index (χ1) is 8.29. The van der Waals surface area contributed by atoms with Crippen LogP contribution in [0.25, 0.3) is 0 Å². The second-order valence-electron chi connectivity index (χ2n) is 4.73. The summed E-state index contributed by atoms with van der Waals surface area (Å²) in [6.07, 6.45) is -4.16. The normalized spacial score (nSPS) is 15.7. The van der Waals surface area contributed by atoms with E-state index in [-0.39, 0.29) is 12.0 Å². The molecule has 0 spiro atoms. The molecule has 1 rings (SSSR count). The van der Waals surface area contributed by atoms with Crippen LogP contribution in [0.1, 0.15) is 18.5 Å². The highest BCUT2D eigenvalue weighted by molar-refractivity contribution is 5.19. The SMILES string of the molecule is CC(CN(C)CC(F)(F)F)C(N)c1ccccc1. The van der Waals surface area contributed by atoms with Gasteiger partial charge in [0.15, 0.2) is 0 Å². The Morgan fingerprint density at radius 1 is 1.22 bits per heavy atom. The molecule has 0 aliphatic heterocycles. The fourth-order valence-corrected chi connectivity index (χ4v) is 1.98. The number of alkyl halides is 3. The van der Waals surface area contributed by atoms with Crippen molar-refractivity contribution in [1.82, 2.24) is 4.90 Å². The molecule has 2 nitrogen and oxygen atoms in total. The van der Waals surface area contributed by atoms with Crippen LogP contribution in [0.4, 0.5) is 13.2 Å². The van der Waals surface area contributed by atoms with E-state index >= 15 is 0 Å². The van der Waals surface area contributed by atoms with Crippen molar-refractivity contribution in [2.24, 2.45) is 11.7 Å². The Bertz CT molecular complexity index is 351. The zero-order valence-corrected chi connectivity index (χ0v) is 10.6. The zero-order chi connectivity index (χ0) is 13.8. The van der Waals surface area contributed by atoms with Crippen molar-refractivity contribution < 1.29 is 13.2 Å². The van der Waals surface area contributed by atoms with Crippen LogP contribution in [0.15, 0.2) is 30.3 Å². The topological polar surface area (TPSA) is 29.3 Å². The lowest BCUT2D eigenvalue weighted by Crippen LogP contribution is -2.36. The third-order valence-electron chi connectivity index (χ3n) is 2.85. The number of nitrogens with zero attached hydrogens (tertiary/aromatic N) is 1. The van der Waals surface area contributed by atoms with Crippen molar-refractivity contribution in [1.29, 1.82) is 0 Å². The molecule has 18 heavy (non-hydrogen) atoms. The lowest BCUT2D eigenvalue weighted by molar-refractivity contribution is -0.144. The first-order valence-corrected chi connectivity index (χ1v) is 5.85. The van der Waals surface area contributed by atoms with Crippen molar-refractivity contribution in [3.05, 3.63) is 35.9 Å². The van der Waals surface area contributed by atoms with E-state index < -0.39 is 12.7 Å². The molecular weight excluding hydrogens is 241 g/mol. The van der Waals surface area contributed by atoms with Gasteiger partial charge in [-0.1, -0.05) is 37.3 Å². The van der Waals surface area contributed by atoms with Gasteiger partial charge in [0, 0.05) is 12.6 Å². The summed E-state index contributed by atoms with van der Waals surface area (Å²) in [4.78, 5) is 1.26. The number of hydrogen-bond donors (Lipinski definition) is 1. The van der Waals surface area contributed by atoms with E-state index in [0.717, 1.165) is 5.56 Å². The summed E-state index contributed by atoms with van der Waals surface area (Å²) in [5.41, 5.74) is 6.99. The van der Waals surface area contributed by atoms with Gasteiger partial charge in [-0.15, -0.1) is 0 Å². The van der Waals surface area contributed by atoms with Gasteiger partial charge < -0.3 is 5.73 Å². The van der Waals surface area contributed by atoms with Gasteiger partial charge in [0.2, 0.25) is 0 Å². The highest BCUT2D eigenvalue weighted by atomic mass is 19.4. The van der Waals surface area contributed by atoms with Crippen LogP contribution in [0.3, 0.4) is 0 Å². The highest BCUT2D eigenvalue weighted by Crippen LogP contribution is 2.21. The third-order valence-corrected chi connectivity index (χ3v) is 2.85. The molecule has 5 heteroatoms. The molecule has 2 unspecified atom stereocenters. The van der Waals surface area contributed by atoms with Crippen molar-refractivity contribution in [2.45, 2.75) is 19.1 Å². The average Bonchev–Trinajstić information content (AvgIpc) is 2.26. The van der Waals surface area contributed by atoms with E-state index in [1.165, 1.54) is 11.9 Å². The van der Waals surface area contributed by atoms with Gasteiger partial charge in [-0.2, -0.15) is 13.2 Å². The van der Waals surface area contributed by atoms with Gasteiger partial charge in [-0.05, 0) is 18.5 Å². The first kappa shape index (κ1) is 15.0. The standard InChI is InChI=1S/C13H19F3N2/c1-10(8-18(2)9-13(14,15)16)12(17)11-6-4-3-5-7-11/h3-7,10,12H,8-9,17H2,1-2H3. The molecule has 0 amide bonds. The van der Waals surface area contributed by atoms with Crippen molar-refractivity contribution >= 4 is 0 Å². The fourth-order valence-electron chi connectivity index (χ4n) is 1.98. The largest absolute Gasteiger partial charge is 0.401 e. The highest BCUT2D eigenvalue weighted by Gasteiger charge is 2.30. The summed E-state index contributed by atoms with van der Waals surface area (Å²) in [5, 5.41) is 0. The van der Waals surface area contributed by atoms with Crippen molar-refractivity contribution in [3.63, 3.8) is 0 Å². The number of halogens is 3. The third kappa shape index (κ3) is 5.06. The van der Waals surface area contributed by atoms with Crippen LogP contribution in [0.2, 0.25) is 0 Å². The minimum absolute atomic E-state index is 0.0419. The van der Waals surface area contributed by atoms with E-state index in [1.807, 2.05) is 37.3 Å². The molecule has 102 valence electrons. The van der Waals surface area contributed by atoms with E-state index in [4.69, 9.17) is 5.73 Å². The maximum absolute atomic E-state index is 12.2. The quantitative estimate of drug-likeness (QED) is 0.882. The maximum Gasteiger partial charge on any atom is 0.401 e. The maximum atomic E-state index is 12.2. The molecule has 0 aliphatic carbocycles. The van der Waals surface area contributed by atoms with Gasteiger partial charge in [-0.3, -0.25) is 4.90 Å². The van der Waals surface area contributed by atoms with Gasteiger partial charge in [0.1, 0.15) is 0 Å². The number of hydrogen-bond acceptors (Lipinski definition) is 2. The smallest absolute Gasteiger partial charge is 0.324 e. The molecule has 0 bridgehead atoms. The summed E-state index contributed by atoms with van der Waals surface area (Å²) in [5.74, 6) is -0.0419. The zero-order valence-electron chi connectivity index (χ0n) is 10.6. The molecule has 0 heterocycles. The van der Waals surface area contributed by atoms with E-state index in [9.17, 15) is 13.2 Å². The summed E-state index contributed by atoms with van der Waals surface area (Å²) in [6, 6.07) is 9.18. The Hall–Kier alpha value is -1.07. The van der Waals surface area contributed by atoms with Crippen LogP contribution < -0.4 is 5.73 Å². The molecule has 1 aromatic carbocycles. The van der Waals surface area contributed by atoms with Crippen molar-refractivity contribution in [2.75, 3.05) is 20.1 Å². The number of benzene rings is 1. The first-order valence-electron chi connectivity index (χ1n) is 5.85. The van der Waals surface area contributed by atoms with Gasteiger partial charge in [-0.25, -0.2) is 0 Å². The van der Waals surface area contributed by atoms with Crippen LogP contribution in [-0.4, -0.2) is 31.2 Å². The van der Waals surface area contributed by atoms with Crippen LogP contribution >= 0.6 is 0 Å². The molecule has 2 N–H and O–H groups in total. The molecule has 0 saturated carbocycles. The predicted octanol–water partition coefficient (Wildman–Crippen LogP) is 2.82. The summed E-state index contributed by atoms with van der Waals surface area (Å²) < 4.78 is 36.6. The molecule has 0 aliphatic rings. The Morgan fingerprint density at radius 2 is 1.78 bits per heavy atom. The summed E-state index contributed by atoms with van der Waals surface area (Å²) in [7, 11) is 1.46. The van der Waals surface area contributed by atoms with Crippen molar-refractivity contribution in [3.8, 4) is 0 Å². The molecule has 0 aromatic heterocycles. The van der Waals surface area contributed by atoms with Crippen LogP contribution in [-0.2, 0) is 0 Å². The molecule has 0 radical (unpaired) electrons. The van der Waals surface area contributed by atoms with E-state index in [1.54, 1.807) is 0 Å². The molecule has 2 atom stereocenters. The molecule has 0 fully saturated rings. The molecule has 1 aromatic rings. The lowest BCUT2D eigenvalue weighted by Gasteiger charge is -2.26. The molecule has 0 saturated heterocycles. The monoisotopic (exact) mass is 260 g/mol. The van der Waals surface area contributed by atoms with E-state index in [2.05, 4.69) is 0 Å². The minimum atomic E-state index is -4.16.